The van der Waals surface area contributed by atoms with E-state index in [1.165, 1.54) is 17.9 Å². The molecule has 224 valence electrons. The number of likely N-dealkylation sites (tertiary alicyclic amines) is 1. The number of aliphatic carboxylic acids is 1. The van der Waals surface area contributed by atoms with E-state index in [1.807, 2.05) is 0 Å². The van der Waals surface area contributed by atoms with Crippen molar-refractivity contribution in [2.45, 2.75) is 78.3 Å². The molecule has 4 atom stereocenters. The Morgan fingerprint density at radius 1 is 1.10 bits per heavy atom. The molecule has 0 aromatic heterocycles. The fraction of sp³-hybridized carbons (Fsp3) is 0.500. The van der Waals surface area contributed by atoms with Crippen molar-refractivity contribution in [3.05, 3.63) is 69.5 Å². The predicted octanol–water partition coefficient (Wildman–Crippen LogP) is 6.83. The maximum atomic E-state index is 14.6. The van der Waals surface area contributed by atoms with Gasteiger partial charge in [-0.25, -0.2) is 12.8 Å². The minimum atomic E-state index is -4.30. The smallest absolute Gasteiger partial charge is 0.304 e. The third-order valence-corrected chi connectivity index (χ3v) is 9.60. The molecule has 0 spiro atoms. The number of amides is 1. The third kappa shape index (κ3) is 7.87. The Labute approximate surface area is 250 Å². The SMILES string of the molecule is CC[C@@H](CS(=O)(=O)C(=O)CC(C)(C)C)N1C(=O)[C@@](C)(CC(=O)O)C[C@H](c2cc(F)cc(Cl)c2)[C@H]1c1ccc(Cl)cc1. The van der Waals surface area contributed by atoms with Gasteiger partial charge in [-0.15, -0.1) is 0 Å². The minimum absolute atomic E-state index is 0.0356. The Morgan fingerprint density at radius 3 is 2.22 bits per heavy atom. The molecule has 11 heteroatoms. The van der Waals surface area contributed by atoms with Crippen LogP contribution in [-0.2, 0) is 24.2 Å². The molecule has 1 amide bonds. The second-order valence-corrected chi connectivity index (χ2v) is 15.2. The van der Waals surface area contributed by atoms with E-state index in [9.17, 15) is 32.3 Å². The first-order chi connectivity index (χ1) is 18.9. The first-order valence-electron chi connectivity index (χ1n) is 13.4. The number of hydrogen-bond donors (Lipinski definition) is 1. The number of halogens is 3. The summed E-state index contributed by atoms with van der Waals surface area (Å²) in [6.45, 7) is 8.50. The molecule has 1 aliphatic heterocycles. The molecule has 0 bridgehead atoms. The van der Waals surface area contributed by atoms with E-state index in [-0.39, 0.29) is 24.3 Å². The van der Waals surface area contributed by atoms with E-state index in [0.717, 1.165) is 6.07 Å². The lowest BCUT2D eigenvalue weighted by Gasteiger charge is -2.51. The van der Waals surface area contributed by atoms with E-state index in [1.54, 1.807) is 58.0 Å². The van der Waals surface area contributed by atoms with E-state index >= 15 is 0 Å². The van der Waals surface area contributed by atoms with Crippen LogP contribution in [0.2, 0.25) is 10.0 Å². The van der Waals surface area contributed by atoms with Crippen LogP contribution in [0, 0.1) is 16.6 Å². The average Bonchev–Trinajstić information content (AvgIpc) is 2.82. The van der Waals surface area contributed by atoms with Gasteiger partial charge in [0.15, 0.2) is 0 Å². The summed E-state index contributed by atoms with van der Waals surface area (Å²) >= 11 is 12.4. The molecule has 0 saturated carbocycles. The summed E-state index contributed by atoms with van der Waals surface area (Å²) in [5, 5.41) is 9.39. The molecule has 0 radical (unpaired) electrons. The second kappa shape index (κ2) is 12.4. The average molecular weight is 629 g/mol. The van der Waals surface area contributed by atoms with Gasteiger partial charge in [0, 0.05) is 28.4 Å². The first kappa shape index (κ1) is 33.0. The number of carboxylic acids is 1. The van der Waals surface area contributed by atoms with Crippen LogP contribution in [0.4, 0.5) is 4.39 Å². The highest BCUT2D eigenvalue weighted by Gasteiger charge is 2.53. The van der Waals surface area contributed by atoms with Crippen LogP contribution >= 0.6 is 23.2 Å². The normalized spacial score (nSPS) is 22.4. The quantitative estimate of drug-likeness (QED) is 0.326. The standard InChI is InChI=1S/C30H36Cl2FNO6S/c1-6-23(17-41(39,40)26(37)16-29(2,3)4)34-27(18-7-9-20(31)10-8-18)24(19-11-21(32)13-22(33)12-19)14-30(5,28(34)38)15-25(35)36/h7-13,23-24,27H,6,14-17H2,1-5H3,(H,35,36)/t23-,24+,27+,30+/m0/s1. The van der Waals surface area contributed by atoms with Crippen LogP contribution in [0.5, 0.6) is 0 Å². The van der Waals surface area contributed by atoms with Crippen LogP contribution < -0.4 is 0 Å². The molecule has 1 N–H and O–H groups in total. The van der Waals surface area contributed by atoms with Gasteiger partial charge in [-0.1, -0.05) is 70.0 Å². The molecule has 2 aromatic rings. The van der Waals surface area contributed by atoms with Crippen molar-refractivity contribution in [3.8, 4) is 0 Å². The summed E-state index contributed by atoms with van der Waals surface area (Å²) in [5.41, 5.74) is -0.987. The van der Waals surface area contributed by atoms with Crippen LogP contribution in [0.3, 0.4) is 0 Å². The number of nitrogens with zero attached hydrogens (tertiary/aromatic N) is 1. The molecule has 3 rings (SSSR count). The molecule has 1 fully saturated rings. The lowest BCUT2D eigenvalue weighted by atomic mass is 9.67. The highest BCUT2D eigenvalue weighted by Crippen LogP contribution is 2.52. The van der Waals surface area contributed by atoms with E-state index in [0.29, 0.717) is 16.1 Å². The first-order valence-corrected chi connectivity index (χ1v) is 15.8. The van der Waals surface area contributed by atoms with Crippen molar-refractivity contribution in [1.82, 2.24) is 4.90 Å². The lowest BCUT2D eigenvalue weighted by Crippen LogP contribution is -2.57. The maximum absolute atomic E-state index is 14.6. The number of sulfone groups is 1. The van der Waals surface area contributed by atoms with Crippen molar-refractivity contribution in [1.29, 1.82) is 0 Å². The Hall–Kier alpha value is -2.49. The summed E-state index contributed by atoms with van der Waals surface area (Å²) in [6, 6.07) is 8.87. The summed E-state index contributed by atoms with van der Waals surface area (Å²) < 4.78 is 41.3. The molecule has 0 unspecified atom stereocenters. The fourth-order valence-corrected chi connectivity index (χ4v) is 7.71. The fourth-order valence-electron chi connectivity index (χ4n) is 5.62. The van der Waals surface area contributed by atoms with Crippen LogP contribution in [0.15, 0.2) is 42.5 Å². The van der Waals surface area contributed by atoms with Gasteiger partial charge in [-0.05, 0) is 59.7 Å². The zero-order valence-electron chi connectivity index (χ0n) is 23.8. The molecular formula is C30H36Cl2FNO6S. The summed E-state index contributed by atoms with van der Waals surface area (Å²) in [4.78, 5) is 40.5. The molecular weight excluding hydrogens is 592 g/mol. The Kier molecular flexibility index (Phi) is 9.98. The Balaban J connectivity index is 2.25. The molecule has 7 nitrogen and oxygen atoms in total. The topological polar surface area (TPSA) is 109 Å². The van der Waals surface area contributed by atoms with Crippen molar-refractivity contribution >= 4 is 50.0 Å². The second-order valence-electron chi connectivity index (χ2n) is 12.3. The van der Waals surface area contributed by atoms with Gasteiger partial charge in [0.05, 0.1) is 23.6 Å². The zero-order valence-corrected chi connectivity index (χ0v) is 26.1. The zero-order chi connectivity index (χ0) is 30.9. The van der Waals surface area contributed by atoms with Gasteiger partial charge in [-0.3, -0.25) is 14.4 Å². The molecule has 2 aromatic carbocycles. The van der Waals surface area contributed by atoms with Gasteiger partial charge >= 0.3 is 5.97 Å². The highest BCUT2D eigenvalue weighted by molar-refractivity contribution is 8.06. The summed E-state index contributed by atoms with van der Waals surface area (Å²) in [7, 11) is -4.30. The Bertz CT molecular complexity index is 1400. The van der Waals surface area contributed by atoms with Crippen molar-refractivity contribution < 1.29 is 32.3 Å². The molecule has 41 heavy (non-hydrogen) atoms. The van der Waals surface area contributed by atoms with Gasteiger partial charge in [0.2, 0.25) is 20.9 Å². The van der Waals surface area contributed by atoms with Gasteiger partial charge in [0.25, 0.3) is 0 Å². The monoisotopic (exact) mass is 627 g/mol. The number of carboxylic acid groups (broad SMARTS) is 1. The van der Waals surface area contributed by atoms with Gasteiger partial charge < -0.3 is 10.0 Å². The van der Waals surface area contributed by atoms with Crippen LogP contribution in [-0.4, -0.2) is 47.2 Å². The molecule has 1 aliphatic rings. The Morgan fingerprint density at radius 2 is 1.71 bits per heavy atom. The highest BCUT2D eigenvalue weighted by atomic mass is 35.5. The number of piperidine rings is 1. The maximum Gasteiger partial charge on any atom is 0.304 e. The number of carbonyl (C=O) groups is 3. The third-order valence-electron chi connectivity index (χ3n) is 7.47. The number of benzene rings is 2. The van der Waals surface area contributed by atoms with E-state index in [4.69, 9.17) is 23.2 Å². The van der Waals surface area contributed by atoms with Crippen molar-refractivity contribution in [3.63, 3.8) is 0 Å². The van der Waals surface area contributed by atoms with Crippen molar-refractivity contribution in [2.75, 3.05) is 5.75 Å². The summed E-state index contributed by atoms with van der Waals surface area (Å²) in [5.74, 6) is -3.65. The van der Waals surface area contributed by atoms with Gasteiger partial charge in [0.1, 0.15) is 5.82 Å². The molecule has 1 saturated heterocycles. The molecule has 1 heterocycles. The predicted molar refractivity (Wildman–Crippen MR) is 157 cm³/mol. The number of rotatable bonds is 9. The largest absolute Gasteiger partial charge is 0.481 e. The van der Waals surface area contributed by atoms with Crippen LogP contribution in [0.25, 0.3) is 0 Å². The van der Waals surface area contributed by atoms with Crippen LogP contribution in [0.1, 0.15) is 83.4 Å². The minimum Gasteiger partial charge on any atom is -0.481 e. The number of carbonyl (C=O) groups excluding carboxylic acids is 2. The van der Waals surface area contributed by atoms with Crippen molar-refractivity contribution in [2.24, 2.45) is 10.8 Å². The number of hydrogen-bond acceptors (Lipinski definition) is 5. The summed E-state index contributed by atoms with van der Waals surface area (Å²) in [6.07, 6.45) is -0.520. The molecule has 0 aliphatic carbocycles. The lowest BCUT2D eigenvalue weighted by molar-refractivity contribution is -0.160. The van der Waals surface area contributed by atoms with E-state index < -0.39 is 73.7 Å². The van der Waals surface area contributed by atoms with Gasteiger partial charge in [-0.2, -0.15) is 0 Å². The van der Waals surface area contributed by atoms with E-state index in [2.05, 4.69) is 0 Å².